The summed E-state index contributed by atoms with van der Waals surface area (Å²) < 4.78 is 39.9. The number of fused-ring (bicyclic) bond motifs is 2. The van der Waals surface area contributed by atoms with E-state index in [4.69, 9.17) is 28.9 Å². The zero-order valence-electron chi connectivity index (χ0n) is 31.2. The molecule has 6 atom stereocenters. The summed E-state index contributed by atoms with van der Waals surface area (Å²) in [5.41, 5.74) is 2.42. The molecule has 3 aliphatic rings. The van der Waals surface area contributed by atoms with Crippen molar-refractivity contribution in [3.63, 3.8) is 0 Å². The second kappa shape index (κ2) is 17.3. The van der Waals surface area contributed by atoms with Crippen LogP contribution in [-0.2, 0) is 20.9 Å². The molecule has 10 nitrogen and oxygen atoms in total. The van der Waals surface area contributed by atoms with Crippen LogP contribution in [0.2, 0.25) is 0 Å². The predicted molar refractivity (Wildman–Crippen MR) is 197 cm³/mol. The maximum atomic E-state index is 14.6. The monoisotopic (exact) mass is 722 g/mol. The fraction of sp³-hybridized carbons (Fsp3) is 0.561. The topological polar surface area (TPSA) is 119 Å². The molecule has 2 aliphatic carbocycles. The molecule has 0 aromatic heterocycles. The Morgan fingerprint density at radius 1 is 1.12 bits per heavy atom. The lowest BCUT2D eigenvalue weighted by Crippen LogP contribution is -2.69. The van der Waals surface area contributed by atoms with Gasteiger partial charge >= 0.3 is 6.09 Å². The van der Waals surface area contributed by atoms with Gasteiger partial charge in [0.2, 0.25) is 5.79 Å². The van der Waals surface area contributed by atoms with Crippen LogP contribution >= 0.6 is 0 Å². The lowest BCUT2D eigenvalue weighted by Gasteiger charge is -2.59. The van der Waals surface area contributed by atoms with Gasteiger partial charge in [0.1, 0.15) is 35.6 Å². The number of rotatable bonds is 16. The average Bonchev–Trinajstić information content (AvgIpc) is 3.13. The molecule has 6 unspecified atom stereocenters. The van der Waals surface area contributed by atoms with E-state index in [0.29, 0.717) is 35.6 Å². The second-order valence-electron chi connectivity index (χ2n) is 14.9. The van der Waals surface area contributed by atoms with Crippen molar-refractivity contribution >= 4 is 11.8 Å². The number of nitrogens with zero attached hydrogens (tertiary/aromatic N) is 2. The lowest BCUT2D eigenvalue weighted by atomic mass is 9.55. The summed E-state index contributed by atoms with van der Waals surface area (Å²) in [4.78, 5) is 20.9. The first-order chi connectivity index (χ1) is 25.0. The zero-order valence-corrected chi connectivity index (χ0v) is 31.2. The van der Waals surface area contributed by atoms with Gasteiger partial charge in [-0.25, -0.2) is 9.18 Å². The van der Waals surface area contributed by atoms with E-state index >= 15 is 0 Å². The summed E-state index contributed by atoms with van der Waals surface area (Å²) in [7, 11) is 3.03. The van der Waals surface area contributed by atoms with E-state index in [0.717, 1.165) is 36.8 Å². The Morgan fingerprint density at radius 2 is 1.85 bits per heavy atom. The Balaban J connectivity index is 1.74. The molecule has 11 heteroatoms. The maximum Gasteiger partial charge on any atom is 0.409 e. The van der Waals surface area contributed by atoms with Crippen LogP contribution in [-0.4, -0.2) is 78.3 Å². The Kier molecular flexibility index (Phi) is 13.0. The predicted octanol–water partition coefficient (Wildman–Crippen LogP) is 7.54. The van der Waals surface area contributed by atoms with E-state index in [1.54, 1.807) is 31.3 Å². The second-order valence-corrected chi connectivity index (χ2v) is 14.9. The summed E-state index contributed by atoms with van der Waals surface area (Å²) in [5.74, 6) is -1.07. The van der Waals surface area contributed by atoms with Crippen molar-refractivity contribution in [3.05, 3.63) is 83.7 Å². The third-order valence-corrected chi connectivity index (χ3v) is 10.4. The smallest absolute Gasteiger partial charge is 0.409 e. The molecule has 2 N–H and O–H groups in total. The van der Waals surface area contributed by atoms with E-state index < -0.39 is 29.4 Å². The Bertz CT molecular complexity index is 1610. The number of allylic oxidation sites excluding steroid dienone is 1. The molecule has 1 amide bonds. The van der Waals surface area contributed by atoms with Crippen LogP contribution in [0.3, 0.4) is 0 Å². The van der Waals surface area contributed by atoms with Crippen molar-refractivity contribution in [1.82, 2.24) is 4.90 Å². The normalized spacial score (nSPS) is 25.7. The molecule has 2 aromatic carbocycles. The number of aliphatic hydroxyl groups excluding tert-OH is 2. The number of benzene rings is 2. The van der Waals surface area contributed by atoms with E-state index in [2.05, 4.69) is 12.7 Å². The summed E-state index contributed by atoms with van der Waals surface area (Å²) in [6.07, 6.45) is 8.27. The SMILES string of the molecule is C=CCOC12Oc3ccc(OCc4ccccc4F)cc3C3C(CCCCO)C(CCCCO)C=C(C(=NOC(C)(C)C)CC1N(C)C(=O)OC)C32. The number of amides is 1. The van der Waals surface area contributed by atoms with Gasteiger partial charge in [-0.05, 0) is 88.1 Å². The Morgan fingerprint density at radius 3 is 2.52 bits per heavy atom. The summed E-state index contributed by atoms with van der Waals surface area (Å²) in [5, 5.41) is 24.3. The van der Waals surface area contributed by atoms with Crippen LogP contribution in [0.5, 0.6) is 11.5 Å². The fourth-order valence-corrected chi connectivity index (χ4v) is 8.06. The van der Waals surface area contributed by atoms with Gasteiger partial charge in [0.25, 0.3) is 0 Å². The van der Waals surface area contributed by atoms with Crippen LogP contribution in [0, 0.1) is 23.6 Å². The van der Waals surface area contributed by atoms with E-state index in [9.17, 15) is 19.4 Å². The number of ether oxygens (including phenoxy) is 4. The van der Waals surface area contributed by atoms with Gasteiger partial charge in [-0.3, -0.25) is 0 Å². The Hall–Kier alpha value is -3.93. The number of carbonyl (C=O) groups is 1. The number of halogens is 1. The van der Waals surface area contributed by atoms with Crippen LogP contribution in [0.25, 0.3) is 0 Å². The molecule has 1 aliphatic heterocycles. The van der Waals surface area contributed by atoms with Crippen molar-refractivity contribution in [2.75, 3.05) is 34.0 Å². The first-order valence-electron chi connectivity index (χ1n) is 18.4. The fourth-order valence-electron chi connectivity index (χ4n) is 8.06. The minimum absolute atomic E-state index is 0.0502. The van der Waals surface area contributed by atoms with Gasteiger partial charge in [-0.15, -0.1) is 6.58 Å². The van der Waals surface area contributed by atoms with Gasteiger partial charge in [0.15, 0.2) is 0 Å². The van der Waals surface area contributed by atoms with E-state index in [1.807, 2.05) is 39.0 Å². The summed E-state index contributed by atoms with van der Waals surface area (Å²) in [6.45, 7) is 10.1. The van der Waals surface area contributed by atoms with Crippen molar-refractivity contribution in [3.8, 4) is 11.5 Å². The molecular formula is C41H55FN2O8. The quantitative estimate of drug-likeness (QED) is 0.104. The number of hydrogen-bond acceptors (Lipinski definition) is 9. The van der Waals surface area contributed by atoms with Crippen LogP contribution in [0.4, 0.5) is 9.18 Å². The van der Waals surface area contributed by atoms with Crippen molar-refractivity contribution < 1.29 is 43.2 Å². The molecule has 2 aromatic rings. The van der Waals surface area contributed by atoms with Crippen LogP contribution in [0.15, 0.2) is 71.9 Å². The molecule has 284 valence electrons. The standard InChI is InChI=1S/C41H55FN2O8/c1-7-22-50-41-36(44(5)39(47)48-6)25-34(43-52-40(2,3)4)31-23-27(14-10-12-20-45)30(16-11-13-21-46)37(38(31)41)32-24-29(18-19-35(32)51-41)49-26-28-15-8-9-17-33(28)42/h7-9,15,17-19,23-24,27,30,36-38,45-46H,1,10-14,16,20-22,25-26H2,2-6H3. The van der Waals surface area contributed by atoms with Gasteiger partial charge in [0.05, 0.1) is 25.3 Å². The number of hydrogen-bond donors (Lipinski definition) is 2. The highest BCUT2D eigenvalue weighted by molar-refractivity contribution is 6.02. The van der Waals surface area contributed by atoms with Crippen LogP contribution < -0.4 is 9.47 Å². The molecule has 0 saturated heterocycles. The minimum atomic E-state index is -1.37. The third-order valence-electron chi connectivity index (χ3n) is 10.4. The van der Waals surface area contributed by atoms with Gasteiger partial charge in [-0.1, -0.05) is 48.3 Å². The first-order valence-corrected chi connectivity index (χ1v) is 18.4. The molecular weight excluding hydrogens is 667 g/mol. The van der Waals surface area contributed by atoms with Gasteiger partial charge in [-0.2, -0.15) is 0 Å². The molecule has 1 heterocycles. The van der Waals surface area contributed by atoms with Gasteiger partial charge in [0, 0.05) is 43.7 Å². The average molecular weight is 723 g/mol. The molecule has 0 spiro atoms. The highest BCUT2D eigenvalue weighted by Gasteiger charge is 2.65. The molecule has 52 heavy (non-hydrogen) atoms. The number of likely N-dealkylation sites (N-methyl/N-ethyl adjacent to an activating group) is 1. The molecule has 0 radical (unpaired) electrons. The number of aliphatic hydroxyl groups is 2. The van der Waals surface area contributed by atoms with Gasteiger partial charge < -0.3 is 38.9 Å². The van der Waals surface area contributed by atoms with Crippen molar-refractivity contribution in [2.45, 2.75) is 95.7 Å². The highest BCUT2D eigenvalue weighted by Crippen LogP contribution is 2.61. The summed E-state index contributed by atoms with van der Waals surface area (Å²) >= 11 is 0. The van der Waals surface area contributed by atoms with E-state index in [1.165, 1.54) is 18.1 Å². The molecule has 1 fully saturated rings. The lowest BCUT2D eigenvalue weighted by molar-refractivity contribution is -0.253. The highest BCUT2D eigenvalue weighted by atomic mass is 19.1. The first kappa shape index (κ1) is 39.3. The Labute approximate surface area is 307 Å². The summed E-state index contributed by atoms with van der Waals surface area (Å²) in [6, 6.07) is 11.5. The third kappa shape index (κ3) is 8.48. The molecule has 5 rings (SSSR count). The minimum Gasteiger partial charge on any atom is -0.489 e. The molecule has 0 bridgehead atoms. The number of carbonyl (C=O) groups excluding carboxylic acids is 1. The number of unbranched alkanes of at least 4 members (excludes halogenated alkanes) is 2. The zero-order chi connectivity index (χ0) is 37.5. The van der Waals surface area contributed by atoms with Crippen molar-refractivity contribution in [1.29, 1.82) is 0 Å². The number of methoxy groups -OCH3 is 1. The number of oxime groups is 1. The maximum absolute atomic E-state index is 14.6. The largest absolute Gasteiger partial charge is 0.489 e. The van der Waals surface area contributed by atoms with Crippen LogP contribution in [0.1, 0.15) is 82.8 Å². The molecule has 1 saturated carbocycles. The van der Waals surface area contributed by atoms with E-state index in [-0.39, 0.29) is 56.4 Å². The van der Waals surface area contributed by atoms with Crippen molar-refractivity contribution in [2.24, 2.45) is 22.9 Å².